The third-order valence-electron chi connectivity index (χ3n) is 3.97. The number of hydrogen-bond donors (Lipinski definition) is 1. The molecule has 0 saturated carbocycles. The zero-order chi connectivity index (χ0) is 17.1. The lowest BCUT2D eigenvalue weighted by Crippen LogP contribution is -2.44. The summed E-state index contributed by atoms with van der Waals surface area (Å²) in [5.41, 5.74) is 1.73. The average molecular weight is 331 g/mol. The Labute approximate surface area is 140 Å². The number of aromatic nitrogens is 1. The Kier molecular flexibility index (Phi) is 4.59. The van der Waals surface area contributed by atoms with E-state index in [4.69, 9.17) is 14.0 Å². The lowest BCUT2D eigenvalue weighted by molar-refractivity contribution is 0.0904. The monoisotopic (exact) mass is 331 g/mol. The van der Waals surface area contributed by atoms with Gasteiger partial charge in [0.05, 0.1) is 18.8 Å². The molecule has 128 valence electrons. The Hall–Kier alpha value is -2.70. The van der Waals surface area contributed by atoms with E-state index >= 15 is 0 Å². The van der Waals surface area contributed by atoms with E-state index < -0.39 is 0 Å². The SMILES string of the molecule is Cc1noc(C)c1CN(C)C(=O)NCC1COc2ccccc2O1. The molecule has 1 aliphatic rings. The van der Waals surface area contributed by atoms with E-state index in [1.807, 2.05) is 38.1 Å². The fourth-order valence-corrected chi connectivity index (χ4v) is 2.54. The van der Waals surface area contributed by atoms with Gasteiger partial charge in [-0.15, -0.1) is 0 Å². The normalized spacial score (nSPS) is 15.9. The van der Waals surface area contributed by atoms with Gasteiger partial charge >= 0.3 is 6.03 Å². The van der Waals surface area contributed by atoms with Gasteiger partial charge in [-0.3, -0.25) is 0 Å². The van der Waals surface area contributed by atoms with Crippen LogP contribution in [0.15, 0.2) is 28.8 Å². The number of aryl methyl sites for hydroxylation is 2. The Balaban J connectivity index is 1.51. The standard InChI is InChI=1S/C17H21N3O4/c1-11-14(12(2)24-19-11)9-20(3)17(21)18-8-13-10-22-15-6-4-5-7-16(15)23-13/h4-7,13H,8-10H2,1-3H3,(H,18,21). The second-order valence-corrected chi connectivity index (χ2v) is 5.84. The molecule has 1 aliphatic heterocycles. The van der Waals surface area contributed by atoms with Crippen LogP contribution in [0.1, 0.15) is 17.0 Å². The lowest BCUT2D eigenvalue weighted by Gasteiger charge is -2.27. The second kappa shape index (κ2) is 6.82. The molecule has 0 saturated heterocycles. The number of rotatable bonds is 4. The molecule has 0 fully saturated rings. The topological polar surface area (TPSA) is 76.8 Å². The van der Waals surface area contributed by atoms with Crippen molar-refractivity contribution in [3.8, 4) is 11.5 Å². The predicted molar refractivity (Wildman–Crippen MR) is 87.2 cm³/mol. The summed E-state index contributed by atoms with van der Waals surface area (Å²) >= 11 is 0. The van der Waals surface area contributed by atoms with Crippen LogP contribution in [-0.4, -0.2) is 42.4 Å². The molecule has 7 heteroatoms. The fourth-order valence-electron chi connectivity index (χ4n) is 2.54. The molecule has 1 aromatic carbocycles. The number of para-hydroxylation sites is 2. The highest BCUT2D eigenvalue weighted by Gasteiger charge is 2.22. The van der Waals surface area contributed by atoms with Crippen molar-refractivity contribution in [3.05, 3.63) is 41.3 Å². The maximum Gasteiger partial charge on any atom is 0.317 e. The summed E-state index contributed by atoms with van der Waals surface area (Å²) in [6, 6.07) is 7.32. The molecule has 0 spiro atoms. The maximum atomic E-state index is 12.2. The number of nitrogens with one attached hydrogen (secondary N) is 1. The van der Waals surface area contributed by atoms with Crippen molar-refractivity contribution >= 4 is 6.03 Å². The number of amides is 2. The van der Waals surface area contributed by atoms with Gasteiger partial charge in [0.15, 0.2) is 17.6 Å². The van der Waals surface area contributed by atoms with Crippen LogP contribution < -0.4 is 14.8 Å². The van der Waals surface area contributed by atoms with E-state index in [1.54, 1.807) is 11.9 Å². The maximum absolute atomic E-state index is 12.2. The Morgan fingerprint density at radius 2 is 2.08 bits per heavy atom. The van der Waals surface area contributed by atoms with Gasteiger partial charge < -0.3 is 24.2 Å². The first kappa shape index (κ1) is 16.2. The minimum atomic E-state index is -0.212. The minimum Gasteiger partial charge on any atom is -0.486 e. The zero-order valence-corrected chi connectivity index (χ0v) is 14.0. The molecule has 0 bridgehead atoms. The Morgan fingerprint density at radius 3 is 2.79 bits per heavy atom. The van der Waals surface area contributed by atoms with Crippen LogP contribution >= 0.6 is 0 Å². The fraction of sp³-hybridized carbons (Fsp3) is 0.412. The van der Waals surface area contributed by atoms with Gasteiger partial charge in [-0.1, -0.05) is 17.3 Å². The van der Waals surface area contributed by atoms with Gasteiger partial charge in [-0.2, -0.15) is 0 Å². The summed E-state index contributed by atoms with van der Waals surface area (Å²) in [5, 5.41) is 6.76. The first-order chi connectivity index (χ1) is 11.5. The quantitative estimate of drug-likeness (QED) is 0.930. The molecule has 7 nitrogen and oxygen atoms in total. The van der Waals surface area contributed by atoms with Crippen molar-refractivity contribution in [2.24, 2.45) is 0 Å². The smallest absolute Gasteiger partial charge is 0.317 e. The molecule has 1 atom stereocenters. The van der Waals surface area contributed by atoms with Gasteiger partial charge in [0, 0.05) is 12.6 Å². The van der Waals surface area contributed by atoms with Crippen LogP contribution in [0.3, 0.4) is 0 Å². The van der Waals surface area contributed by atoms with Crippen LogP contribution in [0.4, 0.5) is 4.79 Å². The van der Waals surface area contributed by atoms with Gasteiger partial charge in [0.25, 0.3) is 0 Å². The number of hydrogen-bond acceptors (Lipinski definition) is 5. The Bertz CT molecular complexity index is 709. The van der Waals surface area contributed by atoms with Crippen LogP contribution in [0.25, 0.3) is 0 Å². The summed E-state index contributed by atoms with van der Waals surface area (Å²) in [6.45, 7) is 4.93. The average Bonchev–Trinajstić information content (AvgIpc) is 2.91. The third kappa shape index (κ3) is 3.45. The number of fused-ring (bicyclic) bond motifs is 1. The van der Waals surface area contributed by atoms with Crippen molar-refractivity contribution in [3.63, 3.8) is 0 Å². The van der Waals surface area contributed by atoms with Crippen LogP contribution in [-0.2, 0) is 6.54 Å². The van der Waals surface area contributed by atoms with Gasteiger partial charge in [-0.25, -0.2) is 4.79 Å². The number of carbonyl (C=O) groups excluding carboxylic acids is 1. The Morgan fingerprint density at radius 1 is 1.33 bits per heavy atom. The molecule has 2 amide bonds. The zero-order valence-electron chi connectivity index (χ0n) is 14.0. The van der Waals surface area contributed by atoms with Crippen molar-refractivity contribution < 1.29 is 18.8 Å². The summed E-state index contributed by atoms with van der Waals surface area (Å²) in [7, 11) is 1.73. The first-order valence-corrected chi connectivity index (χ1v) is 7.84. The highest BCUT2D eigenvalue weighted by atomic mass is 16.6. The van der Waals surface area contributed by atoms with E-state index in [0.717, 1.165) is 22.8 Å². The molecular formula is C17H21N3O4. The number of carbonyl (C=O) groups is 1. The largest absolute Gasteiger partial charge is 0.486 e. The van der Waals surface area contributed by atoms with Crippen molar-refractivity contribution in [2.45, 2.75) is 26.5 Å². The summed E-state index contributed by atoms with van der Waals surface area (Å²) in [6.07, 6.45) is -0.212. The van der Waals surface area contributed by atoms with E-state index in [-0.39, 0.29) is 12.1 Å². The van der Waals surface area contributed by atoms with Gasteiger partial charge in [0.1, 0.15) is 12.4 Å². The van der Waals surface area contributed by atoms with Crippen LogP contribution in [0.5, 0.6) is 11.5 Å². The lowest BCUT2D eigenvalue weighted by atomic mass is 10.2. The van der Waals surface area contributed by atoms with E-state index in [9.17, 15) is 4.79 Å². The first-order valence-electron chi connectivity index (χ1n) is 7.84. The predicted octanol–water partition coefficient (Wildman–Crippen LogP) is 2.27. The molecule has 0 radical (unpaired) electrons. The number of urea groups is 1. The molecule has 0 aliphatic carbocycles. The summed E-state index contributed by atoms with van der Waals surface area (Å²) < 4.78 is 16.6. The van der Waals surface area contributed by atoms with Crippen LogP contribution in [0, 0.1) is 13.8 Å². The van der Waals surface area contributed by atoms with Crippen molar-refractivity contribution in [1.82, 2.24) is 15.4 Å². The van der Waals surface area contributed by atoms with Crippen LogP contribution in [0.2, 0.25) is 0 Å². The molecule has 3 rings (SSSR count). The van der Waals surface area contributed by atoms with Crippen molar-refractivity contribution in [2.75, 3.05) is 20.2 Å². The van der Waals surface area contributed by atoms with Gasteiger partial charge in [-0.05, 0) is 26.0 Å². The van der Waals surface area contributed by atoms with Gasteiger partial charge in [0.2, 0.25) is 0 Å². The second-order valence-electron chi connectivity index (χ2n) is 5.84. The third-order valence-corrected chi connectivity index (χ3v) is 3.97. The summed E-state index contributed by atoms with van der Waals surface area (Å²) in [5.74, 6) is 2.16. The molecule has 24 heavy (non-hydrogen) atoms. The number of ether oxygens (including phenoxy) is 2. The molecular weight excluding hydrogens is 310 g/mol. The van der Waals surface area contributed by atoms with E-state index in [2.05, 4.69) is 10.5 Å². The molecule has 2 heterocycles. The molecule has 2 aromatic rings. The highest BCUT2D eigenvalue weighted by molar-refractivity contribution is 5.73. The number of nitrogens with zero attached hydrogens (tertiary/aromatic N) is 2. The van der Waals surface area contributed by atoms with Crippen molar-refractivity contribution in [1.29, 1.82) is 0 Å². The number of benzene rings is 1. The molecule has 1 unspecified atom stereocenters. The highest BCUT2D eigenvalue weighted by Crippen LogP contribution is 2.30. The molecule has 1 aromatic heterocycles. The summed E-state index contributed by atoms with van der Waals surface area (Å²) in [4.78, 5) is 13.8. The van der Waals surface area contributed by atoms with E-state index in [0.29, 0.717) is 25.4 Å². The van der Waals surface area contributed by atoms with E-state index in [1.165, 1.54) is 0 Å². The molecule has 1 N–H and O–H groups in total. The minimum absolute atomic E-state index is 0.183.